The number of hydrogen-bond donors (Lipinski definition) is 2. The molecule has 0 radical (unpaired) electrons. The molecule has 0 amide bonds. The maximum atomic E-state index is 5.91. The van der Waals surface area contributed by atoms with Crippen molar-refractivity contribution in [1.82, 2.24) is 9.97 Å². The van der Waals surface area contributed by atoms with Crippen LogP contribution in [0.25, 0.3) is 0 Å². The number of aryl methyl sites for hydroxylation is 2. The molecule has 3 aromatic rings. The van der Waals surface area contributed by atoms with Crippen LogP contribution in [0.15, 0.2) is 54.6 Å². The van der Waals surface area contributed by atoms with E-state index in [1.165, 1.54) is 11.1 Å². The summed E-state index contributed by atoms with van der Waals surface area (Å²) in [6, 6.07) is 18.0. The highest BCUT2D eigenvalue weighted by Crippen LogP contribution is 2.17. The van der Waals surface area contributed by atoms with Gasteiger partial charge in [-0.15, -0.1) is 0 Å². The van der Waals surface area contributed by atoms with E-state index in [-0.39, 0.29) is 0 Å². The average Bonchev–Trinajstić information content (AvgIpc) is 2.58. The van der Waals surface area contributed by atoms with Gasteiger partial charge >= 0.3 is 0 Å². The maximum absolute atomic E-state index is 5.91. The Morgan fingerprint density at radius 3 is 2.36 bits per heavy atom. The van der Waals surface area contributed by atoms with E-state index in [9.17, 15) is 0 Å². The van der Waals surface area contributed by atoms with Gasteiger partial charge in [-0.2, -0.15) is 4.98 Å². The van der Waals surface area contributed by atoms with Gasteiger partial charge in [0, 0.05) is 29.0 Å². The largest absolute Gasteiger partial charge is 0.354 e. The Labute approximate surface area is 153 Å². The van der Waals surface area contributed by atoms with Crippen LogP contribution in [0, 0.1) is 13.8 Å². The summed E-state index contributed by atoms with van der Waals surface area (Å²) < 4.78 is 0. The number of nitrogens with zero attached hydrogens (tertiary/aromatic N) is 2. The van der Waals surface area contributed by atoms with E-state index in [2.05, 4.69) is 39.7 Å². The molecule has 0 aliphatic rings. The Morgan fingerprint density at radius 2 is 1.64 bits per heavy atom. The van der Waals surface area contributed by atoms with E-state index in [1.54, 1.807) is 0 Å². The second kappa shape index (κ2) is 7.99. The lowest BCUT2D eigenvalue weighted by atomic mass is 10.1. The fourth-order valence-electron chi connectivity index (χ4n) is 2.47. The molecule has 0 bridgehead atoms. The lowest BCUT2D eigenvalue weighted by Crippen LogP contribution is -2.09. The van der Waals surface area contributed by atoms with Crippen molar-refractivity contribution in [1.29, 1.82) is 0 Å². The molecule has 2 N–H and O–H groups in total. The number of halogens is 1. The third-order valence-corrected chi connectivity index (χ3v) is 4.04. The molecule has 0 atom stereocenters. The van der Waals surface area contributed by atoms with E-state index < -0.39 is 0 Å². The Bertz CT molecular complexity index is 829. The second-order valence-corrected chi connectivity index (χ2v) is 6.45. The highest BCUT2D eigenvalue weighted by atomic mass is 35.5. The van der Waals surface area contributed by atoms with E-state index >= 15 is 0 Å². The fourth-order valence-corrected chi connectivity index (χ4v) is 2.59. The van der Waals surface area contributed by atoms with E-state index in [1.807, 2.05) is 49.4 Å². The van der Waals surface area contributed by atoms with Gasteiger partial charge < -0.3 is 10.6 Å². The van der Waals surface area contributed by atoms with Gasteiger partial charge in [0.25, 0.3) is 0 Å². The smallest absolute Gasteiger partial charge is 0.224 e. The van der Waals surface area contributed by atoms with Crippen LogP contribution in [0.1, 0.15) is 16.8 Å². The molecule has 0 fully saturated rings. The van der Waals surface area contributed by atoms with E-state index in [0.29, 0.717) is 5.95 Å². The van der Waals surface area contributed by atoms with Crippen LogP contribution in [-0.4, -0.2) is 16.5 Å². The van der Waals surface area contributed by atoms with Gasteiger partial charge in [-0.3, -0.25) is 0 Å². The number of hydrogen-bond acceptors (Lipinski definition) is 4. The summed E-state index contributed by atoms with van der Waals surface area (Å²) in [5.41, 5.74) is 4.38. The van der Waals surface area contributed by atoms with Crippen molar-refractivity contribution in [2.75, 3.05) is 17.2 Å². The number of rotatable bonds is 6. The molecule has 0 aliphatic carbocycles. The van der Waals surface area contributed by atoms with Gasteiger partial charge in [-0.05, 0) is 50.1 Å². The number of aromatic nitrogens is 2. The minimum Gasteiger partial charge on any atom is -0.354 e. The summed E-state index contributed by atoms with van der Waals surface area (Å²) >= 11 is 5.91. The van der Waals surface area contributed by atoms with Crippen molar-refractivity contribution in [3.63, 3.8) is 0 Å². The first-order valence-corrected chi connectivity index (χ1v) is 8.64. The molecule has 0 unspecified atom stereocenters. The standard InChI is InChI=1S/C20H21ClN4/c1-14-3-9-18(10-4-14)24-19-13-15(2)23-20(25-19)22-12-11-16-5-7-17(21)8-6-16/h3-10,13H,11-12H2,1-2H3,(H2,22,23,24,25). The highest BCUT2D eigenvalue weighted by molar-refractivity contribution is 6.30. The summed E-state index contributed by atoms with van der Waals surface area (Å²) in [6.07, 6.45) is 0.884. The minimum atomic E-state index is 0.628. The summed E-state index contributed by atoms with van der Waals surface area (Å²) in [6.45, 7) is 4.79. The van der Waals surface area contributed by atoms with E-state index in [4.69, 9.17) is 11.6 Å². The van der Waals surface area contributed by atoms with Crippen LogP contribution >= 0.6 is 11.6 Å². The monoisotopic (exact) mass is 352 g/mol. The topological polar surface area (TPSA) is 49.8 Å². The number of nitrogens with one attached hydrogen (secondary N) is 2. The normalized spacial score (nSPS) is 10.5. The maximum Gasteiger partial charge on any atom is 0.224 e. The molecule has 0 aliphatic heterocycles. The molecule has 25 heavy (non-hydrogen) atoms. The van der Waals surface area contributed by atoms with Gasteiger partial charge in [-0.1, -0.05) is 41.4 Å². The zero-order chi connectivity index (χ0) is 17.6. The van der Waals surface area contributed by atoms with Crippen molar-refractivity contribution in [2.24, 2.45) is 0 Å². The van der Waals surface area contributed by atoms with Crippen LogP contribution < -0.4 is 10.6 Å². The lowest BCUT2D eigenvalue weighted by molar-refractivity contribution is 0.976. The van der Waals surface area contributed by atoms with Crippen molar-refractivity contribution in [2.45, 2.75) is 20.3 Å². The minimum absolute atomic E-state index is 0.628. The molecule has 1 aromatic heterocycles. The molecule has 0 spiro atoms. The predicted octanol–water partition coefficient (Wildman–Crippen LogP) is 5.15. The predicted molar refractivity (Wildman–Crippen MR) is 105 cm³/mol. The van der Waals surface area contributed by atoms with Crippen molar-refractivity contribution in [3.8, 4) is 0 Å². The van der Waals surface area contributed by atoms with Gasteiger partial charge in [0.2, 0.25) is 5.95 Å². The molecule has 128 valence electrons. The average molecular weight is 353 g/mol. The van der Waals surface area contributed by atoms with Crippen LogP contribution in [-0.2, 0) is 6.42 Å². The zero-order valence-corrected chi connectivity index (χ0v) is 15.1. The van der Waals surface area contributed by atoms with Gasteiger partial charge in [0.05, 0.1) is 0 Å². The van der Waals surface area contributed by atoms with Crippen LogP contribution in [0.4, 0.5) is 17.5 Å². The second-order valence-electron chi connectivity index (χ2n) is 6.01. The van der Waals surface area contributed by atoms with Crippen molar-refractivity contribution in [3.05, 3.63) is 76.4 Å². The van der Waals surface area contributed by atoms with E-state index in [0.717, 1.165) is 35.2 Å². The van der Waals surface area contributed by atoms with Crippen LogP contribution in [0.5, 0.6) is 0 Å². The molecule has 4 nitrogen and oxygen atoms in total. The highest BCUT2D eigenvalue weighted by Gasteiger charge is 2.03. The number of benzene rings is 2. The summed E-state index contributed by atoms with van der Waals surface area (Å²) in [7, 11) is 0. The Kier molecular flexibility index (Phi) is 5.51. The van der Waals surface area contributed by atoms with Crippen molar-refractivity contribution < 1.29 is 0 Å². The first-order valence-electron chi connectivity index (χ1n) is 8.26. The molecule has 2 aromatic carbocycles. The Morgan fingerprint density at radius 1 is 0.920 bits per heavy atom. The van der Waals surface area contributed by atoms with Crippen LogP contribution in [0.3, 0.4) is 0 Å². The Balaban J connectivity index is 1.62. The van der Waals surface area contributed by atoms with Gasteiger partial charge in [0.1, 0.15) is 5.82 Å². The SMILES string of the molecule is Cc1ccc(Nc2cc(C)nc(NCCc3ccc(Cl)cc3)n2)cc1. The quantitative estimate of drug-likeness (QED) is 0.644. The zero-order valence-electron chi connectivity index (χ0n) is 14.4. The number of anilines is 3. The summed E-state index contributed by atoms with van der Waals surface area (Å²) in [5, 5.41) is 7.36. The van der Waals surface area contributed by atoms with Gasteiger partial charge in [0.15, 0.2) is 0 Å². The third kappa shape index (κ3) is 5.19. The van der Waals surface area contributed by atoms with Gasteiger partial charge in [-0.25, -0.2) is 4.98 Å². The molecule has 0 saturated carbocycles. The molecule has 1 heterocycles. The third-order valence-electron chi connectivity index (χ3n) is 3.79. The summed E-state index contributed by atoms with van der Waals surface area (Å²) in [5.74, 6) is 1.41. The molecular formula is C20H21ClN4. The summed E-state index contributed by atoms with van der Waals surface area (Å²) in [4.78, 5) is 8.99. The molecular weight excluding hydrogens is 332 g/mol. The lowest BCUT2D eigenvalue weighted by Gasteiger charge is -2.10. The first-order chi connectivity index (χ1) is 12.1. The molecule has 3 rings (SSSR count). The fraction of sp³-hybridized carbons (Fsp3) is 0.200. The van der Waals surface area contributed by atoms with Crippen LogP contribution in [0.2, 0.25) is 5.02 Å². The molecule has 5 heteroatoms. The first kappa shape index (κ1) is 17.2. The van der Waals surface area contributed by atoms with Crippen molar-refractivity contribution >= 4 is 29.1 Å². The Hall–Kier alpha value is -2.59. The molecule has 0 saturated heterocycles.